The normalized spacial score (nSPS) is 10.5. The number of hydrogen-bond acceptors (Lipinski definition) is 3. The number of hydrogen-bond donors (Lipinski definition) is 2. The lowest BCUT2D eigenvalue weighted by Crippen LogP contribution is -2.14. The molecule has 0 saturated heterocycles. The summed E-state index contributed by atoms with van der Waals surface area (Å²) in [4.78, 5) is 13.6. The molecule has 0 amide bonds. The molecule has 5 nitrogen and oxygen atoms in total. The number of benzene rings is 1. The van der Waals surface area contributed by atoms with E-state index in [1.54, 1.807) is 13.0 Å². The summed E-state index contributed by atoms with van der Waals surface area (Å²) in [5, 5.41) is 14.1. The molecule has 0 spiro atoms. The molecule has 1 aromatic heterocycles. The Hall–Kier alpha value is -2.14. The Morgan fingerprint density at radius 1 is 1.28 bits per heavy atom. The van der Waals surface area contributed by atoms with E-state index in [0.29, 0.717) is 6.54 Å². The van der Waals surface area contributed by atoms with Gasteiger partial charge in [-0.15, -0.1) is 0 Å². The van der Waals surface area contributed by atoms with Crippen LogP contribution in [0.2, 0.25) is 0 Å². The van der Waals surface area contributed by atoms with Gasteiger partial charge in [0.25, 0.3) is 5.69 Å². The summed E-state index contributed by atoms with van der Waals surface area (Å²) in [7, 11) is 0. The average molecular weight is 245 g/mol. The van der Waals surface area contributed by atoms with Crippen LogP contribution in [0, 0.1) is 17.0 Å². The fraction of sp³-hybridized carbons (Fsp3) is 0.231. The highest BCUT2D eigenvalue weighted by Crippen LogP contribution is 2.20. The van der Waals surface area contributed by atoms with Crippen molar-refractivity contribution in [3.05, 3.63) is 63.5 Å². The predicted octanol–water partition coefficient (Wildman–Crippen LogP) is 2.52. The number of nitro groups is 1. The molecule has 2 aromatic rings. The van der Waals surface area contributed by atoms with Crippen molar-refractivity contribution in [2.24, 2.45) is 0 Å². The fourth-order valence-electron chi connectivity index (χ4n) is 1.87. The van der Waals surface area contributed by atoms with Gasteiger partial charge in [-0.2, -0.15) is 0 Å². The van der Waals surface area contributed by atoms with E-state index >= 15 is 0 Å². The predicted molar refractivity (Wildman–Crippen MR) is 69.2 cm³/mol. The molecule has 0 aliphatic rings. The molecule has 0 aliphatic carbocycles. The molecule has 2 rings (SSSR count). The second kappa shape index (κ2) is 5.46. The Morgan fingerprint density at radius 2 is 2.11 bits per heavy atom. The minimum atomic E-state index is -0.343. The van der Waals surface area contributed by atoms with Crippen LogP contribution in [0.4, 0.5) is 5.69 Å². The molecule has 0 unspecified atom stereocenters. The highest BCUT2D eigenvalue weighted by molar-refractivity contribution is 5.44. The number of nitrogens with zero attached hydrogens (tertiary/aromatic N) is 1. The minimum Gasteiger partial charge on any atom is -0.364 e. The highest BCUT2D eigenvalue weighted by atomic mass is 16.6. The summed E-state index contributed by atoms with van der Waals surface area (Å²) in [6.07, 6.45) is 1.87. The van der Waals surface area contributed by atoms with Gasteiger partial charge in [0.2, 0.25) is 0 Å². The maximum Gasteiger partial charge on any atom is 0.272 e. The van der Waals surface area contributed by atoms with Crippen LogP contribution in [0.5, 0.6) is 0 Å². The molecule has 0 bridgehead atoms. The van der Waals surface area contributed by atoms with E-state index in [-0.39, 0.29) is 10.6 Å². The molecular weight excluding hydrogens is 230 g/mol. The molecule has 0 aliphatic heterocycles. The first kappa shape index (κ1) is 12.3. The number of aromatic amines is 1. The number of rotatable bonds is 5. The van der Waals surface area contributed by atoms with E-state index < -0.39 is 0 Å². The van der Waals surface area contributed by atoms with Crippen LogP contribution in [0.15, 0.2) is 36.5 Å². The van der Waals surface area contributed by atoms with Crippen molar-refractivity contribution in [1.29, 1.82) is 0 Å². The molecule has 0 atom stereocenters. The average Bonchev–Trinajstić information content (AvgIpc) is 2.84. The topological polar surface area (TPSA) is 71.0 Å². The van der Waals surface area contributed by atoms with Gasteiger partial charge in [-0.05, 0) is 24.6 Å². The monoisotopic (exact) mass is 245 g/mol. The molecule has 0 fully saturated rings. The van der Waals surface area contributed by atoms with Gasteiger partial charge in [-0.1, -0.05) is 12.1 Å². The van der Waals surface area contributed by atoms with Gasteiger partial charge >= 0.3 is 0 Å². The van der Waals surface area contributed by atoms with Crippen LogP contribution in [-0.4, -0.2) is 9.91 Å². The minimum absolute atomic E-state index is 0.175. The largest absolute Gasteiger partial charge is 0.364 e. The van der Waals surface area contributed by atoms with Crippen molar-refractivity contribution in [2.75, 3.05) is 0 Å². The smallest absolute Gasteiger partial charge is 0.272 e. The van der Waals surface area contributed by atoms with Gasteiger partial charge in [0, 0.05) is 36.6 Å². The third-order valence-electron chi connectivity index (χ3n) is 2.91. The SMILES string of the molecule is Cc1c(CNCc2ccc[nH]2)cccc1[N+](=O)[O-]. The zero-order valence-corrected chi connectivity index (χ0v) is 10.1. The Labute approximate surface area is 105 Å². The summed E-state index contributed by atoms with van der Waals surface area (Å²) in [6.45, 7) is 3.12. The second-order valence-corrected chi connectivity index (χ2v) is 4.12. The number of nitrogens with one attached hydrogen (secondary N) is 2. The van der Waals surface area contributed by atoms with Gasteiger partial charge in [-0.25, -0.2) is 0 Å². The molecule has 5 heteroatoms. The summed E-state index contributed by atoms with van der Waals surface area (Å²) in [6, 6.07) is 9.09. The van der Waals surface area contributed by atoms with Crippen LogP contribution >= 0.6 is 0 Å². The van der Waals surface area contributed by atoms with Gasteiger partial charge in [0.1, 0.15) is 0 Å². The third kappa shape index (κ3) is 2.75. The van der Waals surface area contributed by atoms with E-state index in [2.05, 4.69) is 10.3 Å². The van der Waals surface area contributed by atoms with Gasteiger partial charge in [-0.3, -0.25) is 10.1 Å². The van der Waals surface area contributed by atoms with Crippen LogP contribution < -0.4 is 5.32 Å². The summed E-state index contributed by atoms with van der Waals surface area (Å²) in [5.41, 5.74) is 2.95. The summed E-state index contributed by atoms with van der Waals surface area (Å²) < 4.78 is 0. The Balaban J connectivity index is 2.01. The Bertz CT molecular complexity index is 535. The first-order valence-corrected chi connectivity index (χ1v) is 5.74. The van der Waals surface area contributed by atoms with Gasteiger partial charge < -0.3 is 10.3 Å². The molecular formula is C13H15N3O2. The van der Waals surface area contributed by atoms with Crippen molar-refractivity contribution >= 4 is 5.69 Å². The lowest BCUT2D eigenvalue weighted by atomic mass is 10.1. The van der Waals surface area contributed by atoms with E-state index in [1.807, 2.05) is 24.4 Å². The third-order valence-corrected chi connectivity index (χ3v) is 2.91. The number of H-pyrrole nitrogens is 1. The molecule has 0 saturated carbocycles. The van der Waals surface area contributed by atoms with Crippen LogP contribution in [0.25, 0.3) is 0 Å². The van der Waals surface area contributed by atoms with E-state index in [4.69, 9.17) is 0 Å². The summed E-state index contributed by atoms with van der Waals surface area (Å²) >= 11 is 0. The molecule has 18 heavy (non-hydrogen) atoms. The first-order valence-electron chi connectivity index (χ1n) is 5.74. The van der Waals surface area contributed by atoms with Gasteiger partial charge in [0.15, 0.2) is 0 Å². The maximum absolute atomic E-state index is 10.8. The Kier molecular flexibility index (Phi) is 3.74. The second-order valence-electron chi connectivity index (χ2n) is 4.12. The maximum atomic E-state index is 10.8. The van der Waals surface area contributed by atoms with Crippen molar-refractivity contribution in [3.63, 3.8) is 0 Å². The van der Waals surface area contributed by atoms with E-state index in [9.17, 15) is 10.1 Å². The highest BCUT2D eigenvalue weighted by Gasteiger charge is 2.12. The first-order chi connectivity index (χ1) is 8.68. The van der Waals surface area contributed by atoms with Gasteiger partial charge in [0.05, 0.1) is 4.92 Å². The standard InChI is InChI=1S/C13H15N3O2/c1-10-11(4-2-6-13(10)16(17)18)8-14-9-12-5-3-7-15-12/h2-7,14-15H,8-9H2,1H3. The van der Waals surface area contributed by atoms with Crippen molar-refractivity contribution < 1.29 is 4.92 Å². The van der Waals surface area contributed by atoms with E-state index in [1.165, 1.54) is 6.07 Å². The van der Waals surface area contributed by atoms with Crippen molar-refractivity contribution in [3.8, 4) is 0 Å². The van der Waals surface area contributed by atoms with E-state index in [0.717, 1.165) is 23.4 Å². The Morgan fingerprint density at radius 3 is 2.78 bits per heavy atom. The lowest BCUT2D eigenvalue weighted by molar-refractivity contribution is -0.385. The van der Waals surface area contributed by atoms with Crippen molar-refractivity contribution in [1.82, 2.24) is 10.3 Å². The lowest BCUT2D eigenvalue weighted by Gasteiger charge is -2.07. The molecule has 0 radical (unpaired) electrons. The van der Waals surface area contributed by atoms with Crippen LogP contribution in [0.3, 0.4) is 0 Å². The zero-order valence-electron chi connectivity index (χ0n) is 10.1. The molecule has 2 N–H and O–H groups in total. The number of aromatic nitrogens is 1. The molecule has 94 valence electrons. The number of nitro benzene ring substituents is 1. The van der Waals surface area contributed by atoms with Crippen molar-refractivity contribution in [2.45, 2.75) is 20.0 Å². The fourth-order valence-corrected chi connectivity index (χ4v) is 1.87. The van der Waals surface area contributed by atoms with Crippen LogP contribution in [-0.2, 0) is 13.1 Å². The quantitative estimate of drug-likeness (QED) is 0.628. The molecule has 1 heterocycles. The molecule has 1 aromatic carbocycles. The van der Waals surface area contributed by atoms with Crippen LogP contribution in [0.1, 0.15) is 16.8 Å². The zero-order chi connectivity index (χ0) is 13.0. The summed E-state index contributed by atoms with van der Waals surface area (Å²) in [5.74, 6) is 0.